The standard InChI is InChI=1S/C18H12N4/c1-13-4-2-3-5-17(13)14-6-8-16(9-7-14)22-18(12-21)15(10-19)11-20/h2-9,22H,1H3. The molecule has 4 heteroatoms. The zero-order chi connectivity index (χ0) is 15.9. The van der Waals surface area contributed by atoms with Gasteiger partial charge in [0.2, 0.25) is 0 Å². The predicted octanol–water partition coefficient (Wildman–Crippen LogP) is 3.90. The van der Waals surface area contributed by atoms with E-state index in [2.05, 4.69) is 5.32 Å². The summed E-state index contributed by atoms with van der Waals surface area (Å²) in [5, 5.41) is 29.4. The molecule has 0 aliphatic rings. The van der Waals surface area contributed by atoms with E-state index in [0.717, 1.165) is 11.1 Å². The molecule has 0 bridgehead atoms. The van der Waals surface area contributed by atoms with Gasteiger partial charge in [-0.25, -0.2) is 0 Å². The third-order valence-corrected chi connectivity index (χ3v) is 3.20. The largest absolute Gasteiger partial charge is 0.345 e. The highest BCUT2D eigenvalue weighted by atomic mass is 14.9. The van der Waals surface area contributed by atoms with E-state index in [1.54, 1.807) is 12.1 Å². The van der Waals surface area contributed by atoms with E-state index in [9.17, 15) is 0 Å². The third kappa shape index (κ3) is 3.12. The van der Waals surface area contributed by atoms with Crippen molar-refractivity contribution in [2.75, 3.05) is 5.32 Å². The van der Waals surface area contributed by atoms with E-state index in [0.29, 0.717) is 5.69 Å². The van der Waals surface area contributed by atoms with Gasteiger partial charge < -0.3 is 5.32 Å². The van der Waals surface area contributed by atoms with Crippen molar-refractivity contribution in [1.29, 1.82) is 15.8 Å². The van der Waals surface area contributed by atoms with Crippen molar-refractivity contribution in [1.82, 2.24) is 0 Å². The number of hydrogen-bond donors (Lipinski definition) is 1. The number of hydrogen-bond acceptors (Lipinski definition) is 4. The summed E-state index contributed by atoms with van der Waals surface area (Å²) in [7, 11) is 0. The lowest BCUT2D eigenvalue weighted by Crippen LogP contribution is -2.00. The normalized spacial score (nSPS) is 9.00. The van der Waals surface area contributed by atoms with E-state index in [4.69, 9.17) is 15.8 Å². The van der Waals surface area contributed by atoms with E-state index < -0.39 is 0 Å². The average Bonchev–Trinajstić information content (AvgIpc) is 2.56. The summed E-state index contributed by atoms with van der Waals surface area (Å²) in [4.78, 5) is 0. The van der Waals surface area contributed by atoms with Crippen molar-refractivity contribution < 1.29 is 0 Å². The van der Waals surface area contributed by atoms with Crippen LogP contribution in [-0.2, 0) is 0 Å². The fourth-order valence-electron chi connectivity index (χ4n) is 2.06. The molecule has 0 unspecified atom stereocenters. The van der Waals surface area contributed by atoms with Crippen molar-refractivity contribution in [2.24, 2.45) is 0 Å². The highest BCUT2D eigenvalue weighted by Gasteiger charge is 2.06. The molecule has 0 amide bonds. The fraction of sp³-hybridized carbons (Fsp3) is 0.0556. The first-order valence-corrected chi connectivity index (χ1v) is 6.57. The average molecular weight is 284 g/mol. The van der Waals surface area contributed by atoms with E-state index in [1.807, 2.05) is 61.5 Å². The Morgan fingerprint density at radius 2 is 1.50 bits per heavy atom. The summed E-state index contributed by atoms with van der Waals surface area (Å²) in [6.07, 6.45) is 0. The molecule has 0 aromatic heterocycles. The maximum Gasteiger partial charge on any atom is 0.163 e. The number of rotatable bonds is 3. The van der Waals surface area contributed by atoms with Crippen molar-refractivity contribution in [3.63, 3.8) is 0 Å². The molecule has 0 aliphatic heterocycles. The van der Waals surface area contributed by atoms with Crippen LogP contribution < -0.4 is 5.32 Å². The van der Waals surface area contributed by atoms with Gasteiger partial charge in [0.15, 0.2) is 5.57 Å². The molecule has 104 valence electrons. The Kier molecular flexibility index (Phi) is 4.56. The van der Waals surface area contributed by atoms with Gasteiger partial charge in [-0.3, -0.25) is 0 Å². The molecule has 0 radical (unpaired) electrons. The van der Waals surface area contributed by atoms with Gasteiger partial charge in [0, 0.05) is 5.69 Å². The monoisotopic (exact) mass is 284 g/mol. The smallest absolute Gasteiger partial charge is 0.163 e. The molecule has 0 saturated carbocycles. The second-order valence-electron chi connectivity index (χ2n) is 4.60. The van der Waals surface area contributed by atoms with Crippen LogP contribution in [-0.4, -0.2) is 0 Å². The first kappa shape index (κ1) is 14.9. The molecule has 2 rings (SSSR count). The van der Waals surface area contributed by atoms with Crippen LogP contribution >= 0.6 is 0 Å². The molecule has 1 N–H and O–H groups in total. The molecule has 2 aromatic rings. The van der Waals surface area contributed by atoms with E-state index in [-0.39, 0.29) is 11.3 Å². The molecule has 0 heterocycles. The molecule has 0 atom stereocenters. The number of nitriles is 3. The third-order valence-electron chi connectivity index (χ3n) is 3.20. The summed E-state index contributed by atoms with van der Waals surface area (Å²) in [6, 6.07) is 20.8. The van der Waals surface area contributed by atoms with Crippen molar-refractivity contribution in [3.05, 3.63) is 65.4 Å². The van der Waals surface area contributed by atoms with E-state index in [1.165, 1.54) is 5.56 Å². The molecule has 0 spiro atoms. The Balaban J connectivity index is 2.30. The van der Waals surface area contributed by atoms with E-state index >= 15 is 0 Å². The lowest BCUT2D eigenvalue weighted by atomic mass is 10.0. The van der Waals surface area contributed by atoms with Gasteiger partial charge in [-0.1, -0.05) is 36.4 Å². The van der Waals surface area contributed by atoms with Gasteiger partial charge in [-0.2, -0.15) is 15.8 Å². The topological polar surface area (TPSA) is 83.4 Å². The minimum absolute atomic E-state index is 0.0476. The highest BCUT2D eigenvalue weighted by molar-refractivity contribution is 5.70. The maximum absolute atomic E-state index is 9.02. The zero-order valence-electron chi connectivity index (χ0n) is 12.0. The summed E-state index contributed by atoms with van der Waals surface area (Å²) in [5.74, 6) is 0. The second kappa shape index (κ2) is 6.75. The van der Waals surface area contributed by atoms with Crippen molar-refractivity contribution >= 4 is 5.69 Å². The van der Waals surface area contributed by atoms with Crippen LogP contribution in [0.4, 0.5) is 5.69 Å². The zero-order valence-corrected chi connectivity index (χ0v) is 12.0. The van der Waals surface area contributed by atoms with Gasteiger partial charge >= 0.3 is 0 Å². The molecule has 22 heavy (non-hydrogen) atoms. The summed E-state index contributed by atoms with van der Waals surface area (Å²) < 4.78 is 0. The Hall–Kier alpha value is -3.55. The van der Waals surface area contributed by atoms with Crippen LogP contribution in [0.25, 0.3) is 11.1 Å². The lowest BCUT2D eigenvalue weighted by molar-refractivity contribution is 1.37. The Morgan fingerprint density at radius 3 is 2.05 bits per heavy atom. The minimum atomic E-state index is -0.231. The Morgan fingerprint density at radius 1 is 0.864 bits per heavy atom. The number of nitrogens with zero attached hydrogens (tertiary/aromatic N) is 3. The second-order valence-corrected chi connectivity index (χ2v) is 4.60. The van der Waals surface area contributed by atoms with Crippen LogP contribution in [0, 0.1) is 40.9 Å². The highest BCUT2D eigenvalue weighted by Crippen LogP contribution is 2.25. The van der Waals surface area contributed by atoms with Crippen LogP contribution in [0.5, 0.6) is 0 Å². The summed E-state index contributed by atoms with van der Waals surface area (Å²) in [5.41, 5.74) is 3.75. The van der Waals surface area contributed by atoms with Gasteiger partial charge in [-0.15, -0.1) is 0 Å². The number of nitrogens with one attached hydrogen (secondary N) is 1. The number of benzene rings is 2. The Bertz CT molecular complexity index is 824. The molecule has 0 saturated heterocycles. The molecular weight excluding hydrogens is 272 g/mol. The predicted molar refractivity (Wildman–Crippen MR) is 84.1 cm³/mol. The van der Waals surface area contributed by atoms with Crippen molar-refractivity contribution in [3.8, 4) is 29.3 Å². The first-order chi connectivity index (χ1) is 10.7. The van der Waals surface area contributed by atoms with Gasteiger partial charge in [0.25, 0.3) is 0 Å². The number of aryl methyl sites for hydroxylation is 1. The summed E-state index contributed by atoms with van der Waals surface area (Å²) >= 11 is 0. The van der Waals surface area contributed by atoms with Gasteiger partial charge in [0.1, 0.15) is 23.9 Å². The molecule has 4 nitrogen and oxygen atoms in total. The fourth-order valence-corrected chi connectivity index (χ4v) is 2.06. The SMILES string of the molecule is Cc1ccccc1-c1ccc(NC(C#N)=C(C#N)C#N)cc1. The molecule has 0 aliphatic carbocycles. The number of anilines is 1. The molecule has 0 fully saturated rings. The van der Waals surface area contributed by atoms with Gasteiger partial charge in [0.05, 0.1) is 0 Å². The maximum atomic E-state index is 9.02. The van der Waals surface area contributed by atoms with Crippen LogP contribution in [0.3, 0.4) is 0 Å². The lowest BCUT2D eigenvalue weighted by Gasteiger charge is -2.08. The molecule has 2 aromatic carbocycles. The van der Waals surface area contributed by atoms with Gasteiger partial charge in [-0.05, 0) is 35.7 Å². The molecular formula is C18H12N4. The first-order valence-electron chi connectivity index (χ1n) is 6.57. The summed E-state index contributed by atoms with van der Waals surface area (Å²) in [6.45, 7) is 2.05. The Labute approximate surface area is 129 Å². The van der Waals surface area contributed by atoms with Crippen LogP contribution in [0.2, 0.25) is 0 Å². The quantitative estimate of drug-likeness (QED) is 0.866. The van der Waals surface area contributed by atoms with Crippen LogP contribution in [0.1, 0.15) is 5.56 Å². The van der Waals surface area contributed by atoms with Crippen molar-refractivity contribution in [2.45, 2.75) is 6.92 Å². The van der Waals surface area contributed by atoms with Crippen LogP contribution in [0.15, 0.2) is 59.8 Å². The number of allylic oxidation sites excluding steroid dienone is 2. The minimum Gasteiger partial charge on any atom is -0.345 e.